The third-order valence-corrected chi connectivity index (χ3v) is 2.89. The topological polar surface area (TPSA) is 34.2 Å². The van der Waals surface area contributed by atoms with Crippen LogP contribution in [0.25, 0.3) is 0 Å². The molecule has 2 rings (SSSR count). The van der Waals surface area contributed by atoms with E-state index in [-0.39, 0.29) is 0 Å². The molecule has 0 saturated carbocycles. The first-order valence-electron chi connectivity index (χ1n) is 4.75. The number of rotatable bonds is 1. The van der Waals surface area contributed by atoms with Crippen LogP contribution in [-0.2, 0) is 0 Å². The number of halogens is 1. The van der Waals surface area contributed by atoms with E-state index in [1.165, 1.54) is 5.56 Å². The molecule has 0 atom stereocenters. The van der Waals surface area contributed by atoms with Crippen molar-refractivity contribution in [2.24, 2.45) is 0 Å². The normalized spacial score (nSPS) is 14.6. The van der Waals surface area contributed by atoms with Crippen LogP contribution in [0.4, 0.5) is 5.69 Å². The highest BCUT2D eigenvalue weighted by molar-refractivity contribution is 9.10. The molecule has 0 saturated heterocycles. The van der Waals surface area contributed by atoms with Crippen LogP contribution in [0.1, 0.15) is 25.3 Å². The molecule has 76 valence electrons. The van der Waals surface area contributed by atoms with Gasteiger partial charge in [0.25, 0.3) is 0 Å². The minimum absolute atomic E-state index is 0.454. The average Bonchev–Trinajstić information content (AvgIpc) is 2.17. The van der Waals surface area contributed by atoms with Gasteiger partial charge in [0.15, 0.2) is 0 Å². The molecule has 0 radical (unpaired) electrons. The lowest BCUT2D eigenvalue weighted by Crippen LogP contribution is -2.20. The van der Waals surface area contributed by atoms with Gasteiger partial charge in [-0.3, -0.25) is 0 Å². The van der Waals surface area contributed by atoms with E-state index in [4.69, 9.17) is 4.74 Å². The third-order valence-electron chi connectivity index (χ3n) is 2.26. The van der Waals surface area contributed by atoms with Gasteiger partial charge in [0, 0.05) is 17.2 Å². The highest BCUT2D eigenvalue weighted by Gasteiger charge is 2.19. The molecule has 1 aliphatic rings. The number of nitrogens with zero attached hydrogens (tertiary/aromatic N) is 1. The Bertz CT molecular complexity index is 352. The van der Waals surface area contributed by atoms with Crippen LogP contribution < -0.4 is 10.1 Å². The van der Waals surface area contributed by atoms with Gasteiger partial charge in [-0.1, -0.05) is 13.8 Å². The molecule has 0 amide bonds. The Kier molecular flexibility index (Phi) is 2.63. The van der Waals surface area contributed by atoms with Crippen molar-refractivity contribution in [1.29, 1.82) is 0 Å². The molecular weight excluding hydrogens is 244 g/mol. The SMILES string of the molecule is CC(C)c1c(Br)cnc2c1NCCO2. The molecule has 0 bridgehead atoms. The Morgan fingerprint density at radius 1 is 1.57 bits per heavy atom. The van der Waals surface area contributed by atoms with Crippen molar-refractivity contribution in [3.8, 4) is 5.88 Å². The van der Waals surface area contributed by atoms with Gasteiger partial charge in [0.05, 0.1) is 0 Å². The number of fused-ring (bicyclic) bond motifs is 1. The summed E-state index contributed by atoms with van der Waals surface area (Å²) in [4.78, 5) is 4.23. The molecule has 4 heteroatoms. The van der Waals surface area contributed by atoms with Crippen LogP contribution in [0.5, 0.6) is 5.88 Å². The van der Waals surface area contributed by atoms with Crippen molar-refractivity contribution in [2.75, 3.05) is 18.5 Å². The summed E-state index contributed by atoms with van der Waals surface area (Å²) in [5.41, 5.74) is 2.29. The quantitative estimate of drug-likeness (QED) is 0.839. The second-order valence-corrected chi connectivity index (χ2v) is 4.48. The van der Waals surface area contributed by atoms with Crippen molar-refractivity contribution in [3.63, 3.8) is 0 Å². The van der Waals surface area contributed by atoms with Gasteiger partial charge in [-0.15, -0.1) is 0 Å². The fourth-order valence-corrected chi connectivity index (χ4v) is 2.41. The smallest absolute Gasteiger partial charge is 0.237 e. The Balaban J connectivity index is 2.55. The minimum atomic E-state index is 0.454. The maximum atomic E-state index is 5.47. The Morgan fingerprint density at radius 3 is 3.07 bits per heavy atom. The first kappa shape index (κ1) is 9.77. The first-order valence-corrected chi connectivity index (χ1v) is 5.54. The predicted octanol–water partition coefficient (Wildman–Crippen LogP) is 2.77. The van der Waals surface area contributed by atoms with Gasteiger partial charge in [-0.25, -0.2) is 4.98 Å². The van der Waals surface area contributed by atoms with E-state index < -0.39 is 0 Å². The second kappa shape index (κ2) is 3.77. The lowest BCUT2D eigenvalue weighted by molar-refractivity contribution is 0.309. The zero-order valence-electron chi connectivity index (χ0n) is 8.30. The number of anilines is 1. The number of hydrogen-bond donors (Lipinski definition) is 1. The average molecular weight is 257 g/mol. The number of pyridine rings is 1. The van der Waals surface area contributed by atoms with Crippen molar-refractivity contribution in [3.05, 3.63) is 16.2 Å². The molecular formula is C10H13BrN2O. The van der Waals surface area contributed by atoms with E-state index in [1.807, 2.05) is 0 Å². The Labute approximate surface area is 92.0 Å². The highest BCUT2D eigenvalue weighted by atomic mass is 79.9. The van der Waals surface area contributed by atoms with Gasteiger partial charge >= 0.3 is 0 Å². The summed E-state index contributed by atoms with van der Waals surface area (Å²) in [6.07, 6.45) is 1.81. The summed E-state index contributed by atoms with van der Waals surface area (Å²) in [6.45, 7) is 5.87. The summed E-state index contributed by atoms with van der Waals surface area (Å²) < 4.78 is 6.52. The van der Waals surface area contributed by atoms with Gasteiger partial charge in [0.1, 0.15) is 12.3 Å². The number of nitrogens with one attached hydrogen (secondary N) is 1. The van der Waals surface area contributed by atoms with Crippen molar-refractivity contribution in [2.45, 2.75) is 19.8 Å². The number of aromatic nitrogens is 1. The van der Waals surface area contributed by atoms with Crippen molar-refractivity contribution < 1.29 is 4.74 Å². The monoisotopic (exact) mass is 256 g/mol. The molecule has 1 aromatic heterocycles. The van der Waals surface area contributed by atoms with E-state index in [9.17, 15) is 0 Å². The van der Waals surface area contributed by atoms with Gasteiger partial charge < -0.3 is 10.1 Å². The summed E-state index contributed by atoms with van der Waals surface area (Å²) in [7, 11) is 0. The lowest BCUT2D eigenvalue weighted by atomic mass is 10.0. The van der Waals surface area contributed by atoms with E-state index >= 15 is 0 Å². The minimum Gasteiger partial charge on any atom is -0.474 e. The molecule has 0 fully saturated rings. The molecule has 0 aliphatic carbocycles. The number of ether oxygens (including phenoxy) is 1. The van der Waals surface area contributed by atoms with E-state index in [0.717, 1.165) is 22.6 Å². The molecule has 1 aromatic rings. The summed E-state index contributed by atoms with van der Waals surface area (Å²) >= 11 is 3.52. The van der Waals surface area contributed by atoms with Crippen LogP contribution in [0.15, 0.2) is 10.7 Å². The lowest BCUT2D eigenvalue weighted by Gasteiger charge is -2.23. The zero-order valence-corrected chi connectivity index (χ0v) is 9.89. The molecule has 14 heavy (non-hydrogen) atoms. The Hall–Kier alpha value is -0.770. The van der Waals surface area contributed by atoms with Crippen LogP contribution >= 0.6 is 15.9 Å². The molecule has 0 aromatic carbocycles. The van der Waals surface area contributed by atoms with Gasteiger partial charge in [-0.2, -0.15) is 0 Å². The molecule has 1 aliphatic heterocycles. The summed E-state index contributed by atoms with van der Waals surface area (Å²) in [5.74, 6) is 1.18. The standard InChI is InChI=1S/C10H13BrN2O/c1-6(2)8-7(11)5-13-10-9(8)12-3-4-14-10/h5-6,12H,3-4H2,1-2H3. The van der Waals surface area contributed by atoms with Crippen LogP contribution in [0, 0.1) is 0 Å². The zero-order chi connectivity index (χ0) is 10.1. The number of hydrogen-bond acceptors (Lipinski definition) is 3. The summed E-state index contributed by atoms with van der Waals surface area (Å²) in [6, 6.07) is 0. The van der Waals surface area contributed by atoms with Crippen molar-refractivity contribution in [1.82, 2.24) is 4.98 Å². The molecule has 0 spiro atoms. The second-order valence-electron chi connectivity index (χ2n) is 3.63. The van der Waals surface area contributed by atoms with Gasteiger partial charge in [0.2, 0.25) is 5.88 Å². The third kappa shape index (κ3) is 1.59. The fraction of sp³-hybridized carbons (Fsp3) is 0.500. The van der Waals surface area contributed by atoms with Gasteiger partial charge in [-0.05, 0) is 27.4 Å². The van der Waals surface area contributed by atoms with E-state index in [1.54, 1.807) is 6.20 Å². The maximum absolute atomic E-state index is 5.47. The van der Waals surface area contributed by atoms with Crippen LogP contribution in [0.3, 0.4) is 0 Å². The fourth-order valence-electron chi connectivity index (χ4n) is 1.65. The Morgan fingerprint density at radius 2 is 2.36 bits per heavy atom. The molecule has 3 nitrogen and oxygen atoms in total. The maximum Gasteiger partial charge on any atom is 0.237 e. The van der Waals surface area contributed by atoms with E-state index in [2.05, 4.69) is 40.1 Å². The molecule has 2 heterocycles. The molecule has 0 unspecified atom stereocenters. The largest absolute Gasteiger partial charge is 0.474 e. The van der Waals surface area contributed by atoms with Crippen LogP contribution in [-0.4, -0.2) is 18.1 Å². The first-order chi connectivity index (χ1) is 6.70. The summed E-state index contributed by atoms with van der Waals surface area (Å²) in [5, 5.41) is 3.34. The van der Waals surface area contributed by atoms with Crippen molar-refractivity contribution >= 4 is 21.6 Å². The predicted molar refractivity (Wildman–Crippen MR) is 60.0 cm³/mol. The highest BCUT2D eigenvalue weighted by Crippen LogP contribution is 2.37. The molecule has 1 N–H and O–H groups in total. The van der Waals surface area contributed by atoms with E-state index in [0.29, 0.717) is 12.5 Å². The van der Waals surface area contributed by atoms with Crippen LogP contribution in [0.2, 0.25) is 0 Å².